The van der Waals surface area contributed by atoms with E-state index in [1.807, 2.05) is 24.3 Å². The second-order valence-corrected chi connectivity index (χ2v) is 6.14. The third-order valence-corrected chi connectivity index (χ3v) is 4.09. The zero-order valence-corrected chi connectivity index (χ0v) is 14.0. The fourth-order valence-corrected chi connectivity index (χ4v) is 3.00. The highest BCUT2D eigenvalue weighted by molar-refractivity contribution is 9.10. The van der Waals surface area contributed by atoms with Crippen LogP contribution in [0.25, 0.3) is 0 Å². The van der Waals surface area contributed by atoms with Gasteiger partial charge in [0.25, 0.3) is 5.91 Å². The SMILES string of the molecule is O=C(Nc1ccccc1N1CCOCC1)c1cc(F)cc(Br)c1. The van der Waals surface area contributed by atoms with Gasteiger partial charge >= 0.3 is 0 Å². The number of para-hydroxylation sites is 2. The van der Waals surface area contributed by atoms with Crippen molar-refractivity contribution in [3.05, 3.63) is 58.3 Å². The summed E-state index contributed by atoms with van der Waals surface area (Å²) in [5, 5.41) is 2.87. The number of ether oxygens (including phenoxy) is 1. The smallest absolute Gasteiger partial charge is 0.255 e. The second-order valence-electron chi connectivity index (χ2n) is 5.23. The molecule has 3 rings (SSSR count). The molecule has 1 saturated heterocycles. The Morgan fingerprint density at radius 2 is 1.91 bits per heavy atom. The maximum Gasteiger partial charge on any atom is 0.255 e. The lowest BCUT2D eigenvalue weighted by atomic mass is 10.2. The molecule has 1 aliphatic rings. The van der Waals surface area contributed by atoms with Crippen molar-refractivity contribution in [1.29, 1.82) is 0 Å². The van der Waals surface area contributed by atoms with E-state index in [0.717, 1.165) is 18.8 Å². The Morgan fingerprint density at radius 3 is 2.65 bits per heavy atom. The predicted molar refractivity (Wildman–Crippen MR) is 91.5 cm³/mol. The highest BCUT2D eigenvalue weighted by atomic mass is 79.9. The second kappa shape index (κ2) is 7.10. The molecule has 6 heteroatoms. The summed E-state index contributed by atoms with van der Waals surface area (Å²) in [6, 6.07) is 11.7. The molecule has 0 spiro atoms. The number of amides is 1. The fraction of sp³-hybridized carbons (Fsp3) is 0.235. The topological polar surface area (TPSA) is 41.6 Å². The minimum absolute atomic E-state index is 0.272. The van der Waals surface area contributed by atoms with Crippen molar-refractivity contribution in [2.24, 2.45) is 0 Å². The summed E-state index contributed by atoms with van der Waals surface area (Å²) in [5.74, 6) is -0.795. The first kappa shape index (κ1) is 16.0. The van der Waals surface area contributed by atoms with E-state index in [0.29, 0.717) is 23.4 Å². The molecule has 0 radical (unpaired) electrons. The molecule has 23 heavy (non-hydrogen) atoms. The standard InChI is InChI=1S/C17H16BrFN2O2/c18-13-9-12(10-14(19)11-13)17(22)20-15-3-1-2-4-16(15)21-5-7-23-8-6-21/h1-4,9-11H,5-8H2,(H,20,22). The first-order valence-corrected chi connectivity index (χ1v) is 8.12. The van der Waals surface area contributed by atoms with E-state index in [-0.39, 0.29) is 11.5 Å². The van der Waals surface area contributed by atoms with Crippen LogP contribution in [0.4, 0.5) is 15.8 Å². The summed E-state index contributed by atoms with van der Waals surface area (Å²) >= 11 is 3.20. The lowest BCUT2D eigenvalue weighted by Gasteiger charge is -2.30. The summed E-state index contributed by atoms with van der Waals surface area (Å²) in [6.07, 6.45) is 0. The van der Waals surface area contributed by atoms with Crippen molar-refractivity contribution >= 4 is 33.2 Å². The highest BCUT2D eigenvalue weighted by Crippen LogP contribution is 2.27. The van der Waals surface area contributed by atoms with E-state index < -0.39 is 5.82 Å². The van der Waals surface area contributed by atoms with Crippen LogP contribution < -0.4 is 10.2 Å². The third kappa shape index (κ3) is 3.89. The average molecular weight is 379 g/mol. The molecule has 0 unspecified atom stereocenters. The van der Waals surface area contributed by atoms with Crippen molar-refractivity contribution in [1.82, 2.24) is 0 Å². The van der Waals surface area contributed by atoms with Crippen LogP contribution in [0.1, 0.15) is 10.4 Å². The maximum absolute atomic E-state index is 13.5. The van der Waals surface area contributed by atoms with Gasteiger partial charge in [-0.05, 0) is 30.3 Å². The minimum atomic E-state index is -0.453. The van der Waals surface area contributed by atoms with Gasteiger partial charge in [0.1, 0.15) is 5.82 Å². The fourth-order valence-electron chi connectivity index (χ4n) is 2.54. The van der Waals surface area contributed by atoms with Crippen LogP contribution in [-0.2, 0) is 4.74 Å². The number of hydrogen-bond acceptors (Lipinski definition) is 3. The van der Waals surface area contributed by atoms with Gasteiger partial charge in [-0.1, -0.05) is 28.1 Å². The summed E-state index contributed by atoms with van der Waals surface area (Å²) in [6.45, 7) is 2.88. The molecule has 0 atom stereocenters. The number of nitrogens with zero attached hydrogens (tertiary/aromatic N) is 1. The Kier molecular flexibility index (Phi) is 4.93. The van der Waals surface area contributed by atoms with E-state index in [1.54, 1.807) is 6.07 Å². The summed E-state index contributed by atoms with van der Waals surface area (Å²) in [7, 11) is 0. The number of nitrogens with one attached hydrogen (secondary N) is 1. The number of anilines is 2. The number of rotatable bonds is 3. The molecule has 2 aromatic carbocycles. The number of hydrogen-bond donors (Lipinski definition) is 1. The number of morpholine rings is 1. The van der Waals surface area contributed by atoms with Crippen molar-refractivity contribution < 1.29 is 13.9 Å². The van der Waals surface area contributed by atoms with Crippen LogP contribution >= 0.6 is 15.9 Å². The van der Waals surface area contributed by atoms with Gasteiger partial charge in [-0.25, -0.2) is 4.39 Å². The Bertz CT molecular complexity index is 697. The van der Waals surface area contributed by atoms with Gasteiger partial charge in [0.15, 0.2) is 0 Å². The molecule has 120 valence electrons. The van der Waals surface area contributed by atoms with E-state index in [9.17, 15) is 9.18 Å². The first-order chi connectivity index (χ1) is 11.1. The molecule has 1 heterocycles. The average Bonchev–Trinajstić information content (AvgIpc) is 2.55. The molecule has 0 saturated carbocycles. The Labute approximate surface area is 142 Å². The van der Waals surface area contributed by atoms with Crippen molar-refractivity contribution in [3.8, 4) is 0 Å². The normalized spacial score (nSPS) is 14.6. The molecule has 0 aromatic heterocycles. The lowest BCUT2D eigenvalue weighted by Crippen LogP contribution is -2.36. The van der Waals surface area contributed by atoms with Gasteiger partial charge in [-0.15, -0.1) is 0 Å². The lowest BCUT2D eigenvalue weighted by molar-refractivity contribution is 0.102. The quantitative estimate of drug-likeness (QED) is 0.885. The van der Waals surface area contributed by atoms with Crippen LogP contribution in [0.2, 0.25) is 0 Å². The molecule has 1 amide bonds. The van der Waals surface area contributed by atoms with Crippen molar-refractivity contribution in [3.63, 3.8) is 0 Å². The molecule has 0 aliphatic carbocycles. The monoisotopic (exact) mass is 378 g/mol. The molecular formula is C17H16BrFN2O2. The third-order valence-electron chi connectivity index (χ3n) is 3.63. The summed E-state index contributed by atoms with van der Waals surface area (Å²) in [5.41, 5.74) is 1.92. The van der Waals surface area contributed by atoms with Crippen LogP contribution in [0, 0.1) is 5.82 Å². The van der Waals surface area contributed by atoms with Crippen molar-refractivity contribution in [2.45, 2.75) is 0 Å². The number of carbonyl (C=O) groups is 1. The first-order valence-electron chi connectivity index (χ1n) is 7.32. The number of carbonyl (C=O) groups excluding carboxylic acids is 1. The Hall–Kier alpha value is -1.92. The molecule has 2 aromatic rings. The van der Waals surface area contributed by atoms with Gasteiger partial charge in [0.2, 0.25) is 0 Å². The molecule has 4 nitrogen and oxygen atoms in total. The highest BCUT2D eigenvalue weighted by Gasteiger charge is 2.16. The molecular weight excluding hydrogens is 363 g/mol. The van der Waals surface area contributed by atoms with Gasteiger partial charge in [-0.2, -0.15) is 0 Å². The zero-order valence-electron chi connectivity index (χ0n) is 12.4. The predicted octanol–water partition coefficient (Wildman–Crippen LogP) is 3.68. The molecule has 1 aliphatic heterocycles. The minimum Gasteiger partial charge on any atom is -0.378 e. The Balaban J connectivity index is 1.83. The maximum atomic E-state index is 13.5. The molecule has 0 bridgehead atoms. The Morgan fingerprint density at radius 1 is 1.17 bits per heavy atom. The van der Waals surface area contributed by atoms with Gasteiger partial charge in [0.05, 0.1) is 24.6 Å². The van der Waals surface area contributed by atoms with Crippen LogP contribution in [0.3, 0.4) is 0 Å². The zero-order chi connectivity index (χ0) is 16.2. The van der Waals surface area contributed by atoms with Crippen LogP contribution in [-0.4, -0.2) is 32.2 Å². The van der Waals surface area contributed by atoms with E-state index >= 15 is 0 Å². The number of halogens is 2. The summed E-state index contributed by atoms with van der Waals surface area (Å²) < 4.78 is 19.4. The molecule has 1 N–H and O–H groups in total. The van der Waals surface area contributed by atoms with E-state index in [4.69, 9.17) is 4.74 Å². The molecule has 1 fully saturated rings. The van der Waals surface area contributed by atoms with E-state index in [2.05, 4.69) is 26.1 Å². The number of benzene rings is 2. The van der Waals surface area contributed by atoms with E-state index in [1.165, 1.54) is 12.1 Å². The largest absolute Gasteiger partial charge is 0.378 e. The van der Waals surface area contributed by atoms with Gasteiger partial charge < -0.3 is 15.0 Å². The van der Waals surface area contributed by atoms with Gasteiger partial charge in [-0.3, -0.25) is 4.79 Å². The summed E-state index contributed by atoms with van der Waals surface area (Å²) in [4.78, 5) is 14.6. The van der Waals surface area contributed by atoms with Crippen LogP contribution in [0.15, 0.2) is 46.9 Å². The van der Waals surface area contributed by atoms with Gasteiger partial charge in [0, 0.05) is 23.1 Å². The van der Waals surface area contributed by atoms with Crippen LogP contribution in [0.5, 0.6) is 0 Å². The van der Waals surface area contributed by atoms with Crippen molar-refractivity contribution in [2.75, 3.05) is 36.5 Å².